The van der Waals surface area contributed by atoms with Crippen LogP contribution in [-0.4, -0.2) is 22.7 Å². The van der Waals surface area contributed by atoms with E-state index in [0.29, 0.717) is 23.6 Å². The number of rotatable bonds is 6. The molecule has 2 N–H and O–H groups in total. The fourth-order valence-electron chi connectivity index (χ4n) is 1.70. The molecule has 1 rings (SSSR count). The van der Waals surface area contributed by atoms with Crippen LogP contribution in [0.1, 0.15) is 44.5 Å². The Morgan fingerprint density at radius 2 is 2.30 bits per heavy atom. The third-order valence-corrected chi connectivity index (χ3v) is 2.78. The van der Waals surface area contributed by atoms with E-state index < -0.39 is 0 Å². The van der Waals surface area contributed by atoms with Crippen LogP contribution in [-0.2, 0) is 6.54 Å². The summed E-state index contributed by atoms with van der Waals surface area (Å²) in [6, 6.07) is 2.20. The third-order valence-electron chi connectivity index (χ3n) is 2.78. The van der Waals surface area contributed by atoms with Crippen LogP contribution in [0.25, 0.3) is 0 Å². The van der Waals surface area contributed by atoms with Gasteiger partial charge in [0.1, 0.15) is 23.1 Å². The number of hydrogen-bond donors (Lipinski definition) is 1. The van der Waals surface area contributed by atoms with Gasteiger partial charge >= 0.3 is 0 Å². The van der Waals surface area contributed by atoms with Gasteiger partial charge in [0.25, 0.3) is 0 Å². The molecule has 0 bridgehead atoms. The summed E-state index contributed by atoms with van der Waals surface area (Å²) in [4.78, 5) is 8.00. The second-order valence-electron chi connectivity index (χ2n) is 4.57. The van der Waals surface area contributed by atoms with Crippen LogP contribution in [0.3, 0.4) is 0 Å². The van der Waals surface area contributed by atoms with E-state index >= 15 is 0 Å². The molecule has 0 unspecified atom stereocenters. The number of nitrogen functional groups attached to an aromatic ring is 1. The van der Waals surface area contributed by atoms with Gasteiger partial charge in [0.15, 0.2) is 0 Å². The quantitative estimate of drug-likeness (QED) is 0.806. The van der Waals surface area contributed by atoms with Crippen LogP contribution >= 0.6 is 0 Å². The Balaban J connectivity index is 2.96. The highest BCUT2D eigenvalue weighted by molar-refractivity contribution is 5.78. The van der Waals surface area contributed by atoms with Gasteiger partial charge in [-0.1, -0.05) is 6.92 Å². The van der Waals surface area contributed by atoms with Crippen molar-refractivity contribution in [3.8, 4) is 6.07 Å². The molecule has 0 amide bonds. The molecule has 1 aromatic heterocycles. The topological polar surface area (TPSA) is 92.3 Å². The third kappa shape index (κ3) is 3.54. The second kappa shape index (κ2) is 7.24. The predicted octanol–water partition coefficient (Wildman–Crippen LogP) is 2.48. The highest BCUT2D eigenvalue weighted by Gasteiger charge is 2.16. The predicted molar refractivity (Wildman–Crippen MR) is 81.9 cm³/mol. The molecule has 0 fully saturated rings. The average Bonchev–Trinajstić information content (AvgIpc) is 2.74. The van der Waals surface area contributed by atoms with Gasteiger partial charge in [-0.15, -0.1) is 0 Å². The molecular weight excluding hydrogens is 252 g/mol. The van der Waals surface area contributed by atoms with Gasteiger partial charge < -0.3 is 5.73 Å². The van der Waals surface area contributed by atoms with E-state index in [1.165, 1.54) is 0 Å². The van der Waals surface area contributed by atoms with Crippen LogP contribution in [0.5, 0.6) is 0 Å². The zero-order valence-electron chi connectivity index (χ0n) is 12.2. The van der Waals surface area contributed by atoms with E-state index in [2.05, 4.69) is 27.9 Å². The van der Waals surface area contributed by atoms with Gasteiger partial charge in [-0.05, 0) is 32.6 Å². The number of hydrogen-bond acceptors (Lipinski definition) is 5. The van der Waals surface area contributed by atoms with Gasteiger partial charge in [-0.2, -0.15) is 10.4 Å². The van der Waals surface area contributed by atoms with Crippen LogP contribution in [0.15, 0.2) is 21.8 Å². The molecule has 0 spiro atoms. The summed E-state index contributed by atoms with van der Waals surface area (Å²) in [7, 11) is 0. The first-order valence-electron chi connectivity index (χ1n) is 6.46. The molecule has 6 heteroatoms. The Labute approximate surface area is 119 Å². The van der Waals surface area contributed by atoms with Crippen LogP contribution in [0.2, 0.25) is 0 Å². The summed E-state index contributed by atoms with van der Waals surface area (Å²) in [6.45, 7) is 9.67. The zero-order chi connectivity index (χ0) is 15.1. The number of anilines is 1. The van der Waals surface area contributed by atoms with E-state index in [1.807, 2.05) is 20.8 Å². The van der Waals surface area contributed by atoms with Crippen molar-refractivity contribution < 1.29 is 0 Å². The van der Waals surface area contributed by atoms with E-state index in [0.717, 1.165) is 12.0 Å². The second-order valence-corrected chi connectivity index (χ2v) is 4.57. The van der Waals surface area contributed by atoms with Crippen molar-refractivity contribution in [2.24, 2.45) is 9.98 Å². The summed E-state index contributed by atoms with van der Waals surface area (Å²) in [5.41, 5.74) is 7.88. The fraction of sp³-hybridized carbons (Fsp3) is 0.429. The lowest BCUT2D eigenvalue weighted by Gasteiger charge is -2.06. The van der Waals surface area contributed by atoms with Gasteiger partial charge in [0, 0.05) is 18.5 Å². The summed E-state index contributed by atoms with van der Waals surface area (Å²) in [6.07, 6.45) is 4.20. The Morgan fingerprint density at radius 1 is 1.60 bits per heavy atom. The zero-order valence-corrected chi connectivity index (χ0v) is 12.2. The Morgan fingerprint density at radius 3 is 2.80 bits per heavy atom. The first-order chi connectivity index (χ1) is 9.54. The van der Waals surface area contributed by atoms with E-state index in [-0.39, 0.29) is 6.04 Å². The largest absolute Gasteiger partial charge is 0.383 e. The molecule has 0 aliphatic rings. The average molecular weight is 272 g/mol. The van der Waals surface area contributed by atoms with Crippen molar-refractivity contribution in [1.82, 2.24) is 9.78 Å². The van der Waals surface area contributed by atoms with Crippen molar-refractivity contribution in [3.05, 3.63) is 23.0 Å². The minimum Gasteiger partial charge on any atom is -0.383 e. The highest BCUT2D eigenvalue weighted by atomic mass is 15.3. The molecule has 20 heavy (non-hydrogen) atoms. The first-order valence-corrected chi connectivity index (χ1v) is 6.46. The van der Waals surface area contributed by atoms with Crippen LogP contribution in [0.4, 0.5) is 5.82 Å². The summed E-state index contributed by atoms with van der Waals surface area (Å²) < 4.78 is 1.64. The minimum atomic E-state index is 0.107. The Kier molecular flexibility index (Phi) is 5.66. The normalized spacial score (nSPS) is 12.1. The standard InChI is InChI=1S/C14H20N6/c1-5-11(7-17-4)8-18-9-13-12(6-15)14(16)20(19-13)10(2)3/h7-8,10H,4-5,9,16H2,1-3H3/b11-7-,18-8?. The van der Waals surface area contributed by atoms with Crippen molar-refractivity contribution in [3.63, 3.8) is 0 Å². The number of nitrogens with two attached hydrogens (primary N) is 1. The lowest BCUT2D eigenvalue weighted by Crippen LogP contribution is -2.07. The van der Waals surface area contributed by atoms with E-state index in [1.54, 1.807) is 17.1 Å². The maximum atomic E-state index is 9.16. The minimum absolute atomic E-state index is 0.107. The number of nitrogens with zero attached hydrogens (tertiary/aromatic N) is 5. The molecule has 0 radical (unpaired) electrons. The van der Waals surface area contributed by atoms with E-state index in [4.69, 9.17) is 11.0 Å². The fourth-order valence-corrected chi connectivity index (χ4v) is 1.70. The monoisotopic (exact) mass is 272 g/mol. The molecule has 0 aliphatic heterocycles. The molecule has 1 heterocycles. The lowest BCUT2D eigenvalue weighted by molar-refractivity contribution is 0.534. The smallest absolute Gasteiger partial charge is 0.140 e. The molecule has 106 valence electrons. The number of aliphatic imine (C=N–C) groups is 2. The Hall–Kier alpha value is -2.42. The molecule has 0 aromatic carbocycles. The molecular formula is C14H20N6. The lowest BCUT2D eigenvalue weighted by atomic mass is 10.2. The van der Waals surface area contributed by atoms with Gasteiger partial charge in [0.2, 0.25) is 0 Å². The van der Waals surface area contributed by atoms with Crippen molar-refractivity contribution >= 4 is 18.7 Å². The molecule has 1 aromatic rings. The molecule has 0 atom stereocenters. The summed E-state index contributed by atoms with van der Waals surface area (Å²) in [5, 5.41) is 13.5. The van der Waals surface area contributed by atoms with Gasteiger partial charge in [-0.3, -0.25) is 9.98 Å². The summed E-state index contributed by atoms with van der Waals surface area (Å²) in [5.74, 6) is 0.395. The van der Waals surface area contributed by atoms with Crippen molar-refractivity contribution in [2.45, 2.75) is 39.8 Å². The Bertz CT molecular complexity index is 571. The first kappa shape index (κ1) is 15.6. The maximum Gasteiger partial charge on any atom is 0.140 e. The highest BCUT2D eigenvalue weighted by Crippen LogP contribution is 2.20. The molecule has 0 aliphatic carbocycles. The van der Waals surface area contributed by atoms with Crippen LogP contribution < -0.4 is 5.73 Å². The molecule has 0 saturated heterocycles. The molecule has 6 nitrogen and oxygen atoms in total. The number of allylic oxidation sites excluding steroid dienone is 1. The van der Waals surface area contributed by atoms with Gasteiger partial charge in [0.05, 0.1) is 6.54 Å². The summed E-state index contributed by atoms with van der Waals surface area (Å²) >= 11 is 0. The number of nitriles is 1. The van der Waals surface area contributed by atoms with Crippen molar-refractivity contribution in [1.29, 1.82) is 5.26 Å². The SMILES string of the molecule is C=N/C=C(\C=NCc1nn(C(C)C)c(N)c1C#N)CC. The maximum absolute atomic E-state index is 9.16. The van der Waals surface area contributed by atoms with Crippen LogP contribution in [0, 0.1) is 11.3 Å². The molecule has 0 saturated carbocycles. The van der Waals surface area contributed by atoms with Gasteiger partial charge in [-0.25, -0.2) is 4.68 Å². The van der Waals surface area contributed by atoms with Crippen molar-refractivity contribution in [2.75, 3.05) is 5.73 Å². The van der Waals surface area contributed by atoms with E-state index in [9.17, 15) is 0 Å². The number of aromatic nitrogens is 2.